The van der Waals surface area contributed by atoms with Crippen molar-refractivity contribution >= 4 is 17.9 Å². The maximum absolute atomic E-state index is 11.5. The third-order valence-corrected chi connectivity index (χ3v) is 2.77. The van der Waals surface area contributed by atoms with E-state index < -0.39 is 17.9 Å². The lowest BCUT2D eigenvalue weighted by Gasteiger charge is -2.16. The lowest BCUT2D eigenvalue weighted by Crippen LogP contribution is -2.43. The van der Waals surface area contributed by atoms with Crippen molar-refractivity contribution in [2.24, 2.45) is 5.92 Å². The van der Waals surface area contributed by atoms with Gasteiger partial charge in [-0.15, -0.1) is 0 Å². The van der Waals surface area contributed by atoms with Crippen LogP contribution in [0, 0.1) is 5.92 Å². The summed E-state index contributed by atoms with van der Waals surface area (Å²) in [6.07, 6.45) is -0.0905. The molecule has 0 bridgehead atoms. The fourth-order valence-corrected chi connectivity index (χ4v) is 1.63. The summed E-state index contributed by atoms with van der Waals surface area (Å²) in [5.74, 6) is -1.75. The van der Waals surface area contributed by atoms with Crippen LogP contribution in [-0.4, -0.2) is 68.3 Å². The number of ether oxygens (including phenoxy) is 1. The standard InChI is InChI=1S/C13H25N3O5/c1-10(9-12(18)19)8-11(17)15-13(20)14-4-5-16(2)6-7-21-3/h10H,4-9H2,1-3H3,(H,18,19)(H2,14,15,17,20). The van der Waals surface area contributed by atoms with E-state index >= 15 is 0 Å². The zero-order chi connectivity index (χ0) is 16.3. The zero-order valence-corrected chi connectivity index (χ0v) is 12.8. The molecule has 0 saturated heterocycles. The summed E-state index contributed by atoms with van der Waals surface area (Å²) in [5.41, 5.74) is 0. The average Bonchev–Trinajstić information content (AvgIpc) is 2.34. The van der Waals surface area contributed by atoms with Crippen LogP contribution in [0.1, 0.15) is 19.8 Å². The maximum Gasteiger partial charge on any atom is 0.321 e. The number of nitrogens with one attached hydrogen (secondary N) is 2. The van der Waals surface area contributed by atoms with Gasteiger partial charge in [0.05, 0.1) is 6.61 Å². The van der Waals surface area contributed by atoms with Gasteiger partial charge in [0.15, 0.2) is 0 Å². The number of amides is 3. The largest absolute Gasteiger partial charge is 0.481 e. The smallest absolute Gasteiger partial charge is 0.321 e. The van der Waals surface area contributed by atoms with Crippen molar-refractivity contribution in [3.63, 3.8) is 0 Å². The first kappa shape index (κ1) is 19.3. The SMILES string of the molecule is COCCN(C)CCNC(=O)NC(=O)CC(C)CC(=O)O. The van der Waals surface area contributed by atoms with E-state index in [0.29, 0.717) is 19.7 Å². The molecule has 0 saturated carbocycles. The Hall–Kier alpha value is -1.67. The van der Waals surface area contributed by atoms with Gasteiger partial charge in [-0.3, -0.25) is 14.9 Å². The van der Waals surface area contributed by atoms with Gasteiger partial charge in [-0.25, -0.2) is 4.79 Å². The molecule has 0 aromatic heterocycles. The van der Waals surface area contributed by atoms with Crippen molar-refractivity contribution in [2.45, 2.75) is 19.8 Å². The molecule has 0 radical (unpaired) electrons. The van der Waals surface area contributed by atoms with Gasteiger partial charge in [-0.2, -0.15) is 0 Å². The minimum Gasteiger partial charge on any atom is -0.481 e. The normalized spacial score (nSPS) is 12.0. The number of carboxylic acid groups (broad SMARTS) is 1. The van der Waals surface area contributed by atoms with Crippen molar-refractivity contribution in [1.82, 2.24) is 15.5 Å². The first-order chi connectivity index (χ1) is 9.85. The average molecular weight is 303 g/mol. The number of aliphatic carboxylic acids is 1. The van der Waals surface area contributed by atoms with Crippen molar-refractivity contribution in [1.29, 1.82) is 0 Å². The van der Waals surface area contributed by atoms with Crippen LogP contribution in [0.5, 0.6) is 0 Å². The number of hydrogen-bond acceptors (Lipinski definition) is 5. The minimum atomic E-state index is -0.959. The number of imide groups is 1. The van der Waals surface area contributed by atoms with E-state index in [2.05, 4.69) is 10.6 Å². The van der Waals surface area contributed by atoms with E-state index in [1.165, 1.54) is 0 Å². The molecule has 1 atom stereocenters. The molecule has 0 aromatic rings. The quantitative estimate of drug-likeness (QED) is 0.520. The molecule has 21 heavy (non-hydrogen) atoms. The number of carbonyl (C=O) groups is 3. The summed E-state index contributed by atoms with van der Waals surface area (Å²) in [6, 6.07) is -0.567. The molecule has 1 unspecified atom stereocenters. The highest BCUT2D eigenvalue weighted by molar-refractivity contribution is 5.94. The van der Waals surface area contributed by atoms with Gasteiger partial charge < -0.3 is 20.1 Å². The van der Waals surface area contributed by atoms with E-state index in [0.717, 1.165) is 6.54 Å². The lowest BCUT2D eigenvalue weighted by atomic mass is 10.0. The fourth-order valence-electron chi connectivity index (χ4n) is 1.63. The molecule has 8 nitrogen and oxygen atoms in total. The monoisotopic (exact) mass is 303 g/mol. The summed E-state index contributed by atoms with van der Waals surface area (Å²) in [5, 5.41) is 13.3. The number of nitrogens with zero attached hydrogens (tertiary/aromatic N) is 1. The molecular weight excluding hydrogens is 278 g/mol. The first-order valence-electron chi connectivity index (χ1n) is 6.82. The van der Waals surface area contributed by atoms with Crippen LogP contribution in [-0.2, 0) is 14.3 Å². The molecule has 3 N–H and O–H groups in total. The molecule has 0 aliphatic carbocycles. The Morgan fingerprint density at radius 1 is 1.24 bits per heavy atom. The molecule has 0 aliphatic heterocycles. The second kappa shape index (κ2) is 11.0. The Morgan fingerprint density at radius 3 is 2.48 bits per heavy atom. The Morgan fingerprint density at radius 2 is 1.90 bits per heavy atom. The number of methoxy groups -OCH3 is 1. The summed E-state index contributed by atoms with van der Waals surface area (Å²) < 4.78 is 4.93. The van der Waals surface area contributed by atoms with E-state index in [9.17, 15) is 14.4 Å². The van der Waals surface area contributed by atoms with Gasteiger partial charge >= 0.3 is 12.0 Å². The predicted octanol–water partition coefficient (Wildman–Crippen LogP) is -0.109. The molecule has 122 valence electrons. The lowest BCUT2D eigenvalue weighted by molar-refractivity contribution is -0.138. The van der Waals surface area contributed by atoms with Crippen molar-refractivity contribution < 1.29 is 24.2 Å². The van der Waals surface area contributed by atoms with Gasteiger partial charge in [-0.1, -0.05) is 6.92 Å². The first-order valence-corrected chi connectivity index (χ1v) is 6.82. The van der Waals surface area contributed by atoms with Crippen LogP contribution in [0.2, 0.25) is 0 Å². The zero-order valence-electron chi connectivity index (χ0n) is 12.8. The number of carboxylic acids is 1. The Balaban J connectivity index is 3.78. The van der Waals surface area contributed by atoms with Gasteiger partial charge in [-0.05, 0) is 13.0 Å². The second-order valence-electron chi connectivity index (χ2n) is 5.01. The molecule has 0 rings (SSSR count). The third-order valence-electron chi connectivity index (χ3n) is 2.77. The van der Waals surface area contributed by atoms with Crippen LogP contribution in [0.3, 0.4) is 0 Å². The van der Waals surface area contributed by atoms with E-state index in [1.54, 1.807) is 14.0 Å². The van der Waals surface area contributed by atoms with Crippen molar-refractivity contribution in [2.75, 3.05) is 40.4 Å². The van der Waals surface area contributed by atoms with Crippen LogP contribution < -0.4 is 10.6 Å². The van der Waals surface area contributed by atoms with Gasteiger partial charge in [0.25, 0.3) is 0 Å². The van der Waals surface area contributed by atoms with E-state index in [4.69, 9.17) is 9.84 Å². The Labute approximate surface area is 124 Å². The van der Waals surface area contributed by atoms with Crippen LogP contribution in [0.4, 0.5) is 4.79 Å². The molecule has 0 aromatic carbocycles. The molecule has 0 aliphatic rings. The number of hydrogen-bond donors (Lipinski definition) is 3. The van der Waals surface area contributed by atoms with E-state index in [-0.39, 0.29) is 18.8 Å². The summed E-state index contributed by atoms with van der Waals surface area (Å²) in [4.78, 5) is 35.4. The van der Waals surface area contributed by atoms with Gasteiger partial charge in [0.1, 0.15) is 0 Å². The van der Waals surface area contributed by atoms with Crippen LogP contribution in [0.25, 0.3) is 0 Å². The van der Waals surface area contributed by atoms with E-state index in [1.807, 2.05) is 11.9 Å². The molecule has 3 amide bonds. The highest BCUT2D eigenvalue weighted by Crippen LogP contribution is 2.06. The predicted molar refractivity (Wildman–Crippen MR) is 76.9 cm³/mol. The number of urea groups is 1. The summed E-state index contributed by atoms with van der Waals surface area (Å²) >= 11 is 0. The summed E-state index contributed by atoms with van der Waals surface area (Å²) in [7, 11) is 3.52. The third kappa shape index (κ3) is 11.8. The maximum atomic E-state index is 11.5. The second-order valence-corrected chi connectivity index (χ2v) is 5.01. The number of likely N-dealkylation sites (N-methyl/N-ethyl adjacent to an activating group) is 1. The fraction of sp³-hybridized carbons (Fsp3) is 0.769. The molecule has 0 fully saturated rings. The number of carbonyl (C=O) groups excluding carboxylic acids is 2. The number of rotatable bonds is 10. The highest BCUT2D eigenvalue weighted by atomic mass is 16.5. The highest BCUT2D eigenvalue weighted by Gasteiger charge is 2.14. The Kier molecular flexibility index (Phi) is 10.2. The van der Waals surface area contributed by atoms with Gasteiger partial charge in [0, 0.05) is 39.6 Å². The molecule has 0 heterocycles. The molecular formula is C13H25N3O5. The molecule has 0 spiro atoms. The topological polar surface area (TPSA) is 108 Å². The van der Waals surface area contributed by atoms with Crippen LogP contribution >= 0.6 is 0 Å². The van der Waals surface area contributed by atoms with Crippen molar-refractivity contribution in [3.8, 4) is 0 Å². The summed E-state index contributed by atoms with van der Waals surface area (Å²) in [6.45, 7) is 4.06. The van der Waals surface area contributed by atoms with Gasteiger partial charge in [0.2, 0.25) is 5.91 Å². The van der Waals surface area contributed by atoms with Crippen molar-refractivity contribution in [3.05, 3.63) is 0 Å². The Bertz CT molecular complexity index is 349. The minimum absolute atomic E-state index is 0.00740. The van der Waals surface area contributed by atoms with Crippen LogP contribution in [0.15, 0.2) is 0 Å². The molecule has 8 heteroatoms.